The predicted molar refractivity (Wildman–Crippen MR) is 126 cm³/mol. The highest BCUT2D eigenvalue weighted by atomic mass is 16.7. The molecule has 0 saturated carbocycles. The van der Waals surface area contributed by atoms with Crippen molar-refractivity contribution in [1.29, 1.82) is 0 Å². The summed E-state index contributed by atoms with van der Waals surface area (Å²) in [5, 5.41) is 34.3. The fourth-order valence-electron chi connectivity index (χ4n) is 6.55. The standard InChI is InChI=1S/C26H34O12/c1-11-10-16-26(25(7,38-26)22(32)37-16)21(36-14(4)29)19-23(5,9-8-15(30)24(19,6)33)20(35-13(3)28)17(31)18(11)34-12(2)27/h8-10,15-21,30-31,33H,1-7H3/b11-10-/t15-,16+,17-,18?,19-,20+,21?,23+,24-,25+,26+/m1/s1. The second-order valence-electron chi connectivity index (χ2n) is 11.1. The van der Waals surface area contributed by atoms with E-state index in [4.69, 9.17) is 23.7 Å². The Bertz CT molecular complexity index is 1130. The summed E-state index contributed by atoms with van der Waals surface area (Å²) >= 11 is 0. The van der Waals surface area contributed by atoms with E-state index < -0.39 is 88.6 Å². The Morgan fingerprint density at radius 1 is 0.947 bits per heavy atom. The molecule has 0 aromatic carbocycles. The number of ether oxygens (including phenoxy) is 5. The Kier molecular flexibility index (Phi) is 6.58. The Morgan fingerprint density at radius 3 is 2.03 bits per heavy atom. The molecule has 0 bridgehead atoms. The first-order valence-electron chi connectivity index (χ1n) is 12.3. The maximum Gasteiger partial charge on any atom is 0.342 e. The van der Waals surface area contributed by atoms with Crippen LogP contribution in [0.3, 0.4) is 0 Å². The zero-order valence-corrected chi connectivity index (χ0v) is 22.3. The number of rotatable bonds is 3. The number of esters is 4. The second kappa shape index (κ2) is 8.87. The van der Waals surface area contributed by atoms with Crippen molar-refractivity contribution in [2.24, 2.45) is 11.3 Å². The maximum absolute atomic E-state index is 13.0. The summed E-state index contributed by atoms with van der Waals surface area (Å²) in [5.41, 5.74) is -6.67. The van der Waals surface area contributed by atoms with Gasteiger partial charge in [-0.2, -0.15) is 0 Å². The molecule has 4 rings (SSSR count). The molecule has 1 spiro atoms. The molecule has 2 aliphatic carbocycles. The normalized spacial score (nSPS) is 48.7. The van der Waals surface area contributed by atoms with Gasteiger partial charge in [0.2, 0.25) is 0 Å². The maximum atomic E-state index is 13.0. The van der Waals surface area contributed by atoms with Gasteiger partial charge in [-0.25, -0.2) is 4.79 Å². The minimum absolute atomic E-state index is 0.247. The molecule has 11 atom stereocenters. The Morgan fingerprint density at radius 2 is 1.50 bits per heavy atom. The van der Waals surface area contributed by atoms with Crippen LogP contribution in [0.15, 0.2) is 23.8 Å². The average Bonchev–Trinajstić information content (AvgIpc) is 3.38. The van der Waals surface area contributed by atoms with Crippen LogP contribution < -0.4 is 0 Å². The Balaban J connectivity index is 2.07. The van der Waals surface area contributed by atoms with Crippen LogP contribution >= 0.6 is 0 Å². The highest BCUT2D eigenvalue weighted by molar-refractivity contribution is 5.89. The van der Waals surface area contributed by atoms with Gasteiger partial charge in [0, 0.05) is 32.1 Å². The van der Waals surface area contributed by atoms with E-state index in [9.17, 15) is 34.5 Å². The van der Waals surface area contributed by atoms with Crippen LogP contribution in [0.1, 0.15) is 48.5 Å². The summed E-state index contributed by atoms with van der Waals surface area (Å²) in [7, 11) is 0. The number of aliphatic hydroxyl groups is 3. The third kappa shape index (κ3) is 3.88. The molecule has 2 fully saturated rings. The second-order valence-corrected chi connectivity index (χ2v) is 11.1. The molecule has 0 aromatic rings. The Labute approximate surface area is 219 Å². The number of aliphatic hydroxyl groups excluding tert-OH is 2. The molecule has 2 unspecified atom stereocenters. The third-order valence-corrected chi connectivity index (χ3v) is 8.36. The lowest BCUT2D eigenvalue weighted by atomic mass is 9.55. The van der Waals surface area contributed by atoms with Crippen molar-refractivity contribution in [3.8, 4) is 0 Å². The van der Waals surface area contributed by atoms with Gasteiger partial charge in [-0.05, 0) is 32.4 Å². The summed E-state index contributed by atoms with van der Waals surface area (Å²) < 4.78 is 28.5. The summed E-state index contributed by atoms with van der Waals surface area (Å²) in [4.78, 5) is 49.8. The van der Waals surface area contributed by atoms with Crippen molar-refractivity contribution in [2.75, 3.05) is 0 Å². The lowest BCUT2D eigenvalue weighted by molar-refractivity contribution is -0.226. The topological polar surface area (TPSA) is 178 Å². The van der Waals surface area contributed by atoms with Crippen LogP contribution in [-0.4, -0.2) is 92.6 Å². The van der Waals surface area contributed by atoms with E-state index in [0.717, 1.165) is 20.8 Å². The van der Waals surface area contributed by atoms with Crippen molar-refractivity contribution in [2.45, 2.75) is 102 Å². The molecule has 38 heavy (non-hydrogen) atoms. The van der Waals surface area contributed by atoms with Crippen molar-refractivity contribution in [1.82, 2.24) is 0 Å². The average molecular weight is 539 g/mol. The molecule has 3 N–H and O–H groups in total. The van der Waals surface area contributed by atoms with Crippen LogP contribution in [0.4, 0.5) is 0 Å². The molecule has 4 aliphatic rings. The van der Waals surface area contributed by atoms with Crippen LogP contribution in [0.25, 0.3) is 0 Å². The smallest absolute Gasteiger partial charge is 0.342 e. The van der Waals surface area contributed by atoms with E-state index >= 15 is 0 Å². The van der Waals surface area contributed by atoms with Gasteiger partial charge in [0.05, 0.1) is 5.60 Å². The number of carbonyl (C=O) groups is 4. The van der Waals surface area contributed by atoms with Gasteiger partial charge in [-0.1, -0.05) is 19.1 Å². The van der Waals surface area contributed by atoms with Crippen LogP contribution in [0.5, 0.6) is 0 Å². The van der Waals surface area contributed by atoms with Gasteiger partial charge in [0.25, 0.3) is 0 Å². The number of epoxide rings is 1. The van der Waals surface area contributed by atoms with E-state index in [1.807, 2.05) is 0 Å². The van der Waals surface area contributed by atoms with Gasteiger partial charge in [0.1, 0.15) is 24.4 Å². The van der Waals surface area contributed by atoms with Gasteiger partial charge >= 0.3 is 23.9 Å². The molecule has 0 radical (unpaired) electrons. The number of hydrogen-bond donors (Lipinski definition) is 3. The SMILES string of the molecule is CC(=O)OC1/C(C)=C\[C@@H]2OC(=O)[C@]3(C)O[C@]23C(OC(C)=O)[C@H]2[C@](C)(O)[C@H](O)C=C[C@]2(C)[C@@H](OC(C)=O)[C@@H]1O. The molecule has 12 nitrogen and oxygen atoms in total. The van der Waals surface area contributed by atoms with Crippen LogP contribution in [0, 0.1) is 11.3 Å². The first-order valence-corrected chi connectivity index (χ1v) is 12.3. The summed E-state index contributed by atoms with van der Waals surface area (Å²) in [6, 6.07) is 0. The molecule has 12 heteroatoms. The Hall–Kier alpha value is -2.80. The van der Waals surface area contributed by atoms with E-state index in [1.165, 1.54) is 45.9 Å². The van der Waals surface area contributed by atoms with Crippen LogP contribution in [0.2, 0.25) is 0 Å². The third-order valence-electron chi connectivity index (χ3n) is 8.36. The zero-order chi connectivity index (χ0) is 28.6. The summed E-state index contributed by atoms with van der Waals surface area (Å²) in [5.74, 6) is -4.41. The fourth-order valence-corrected chi connectivity index (χ4v) is 6.55. The molecular weight excluding hydrogens is 504 g/mol. The van der Waals surface area contributed by atoms with Gasteiger partial charge in [-0.15, -0.1) is 0 Å². The highest BCUT2D eigenvalue weighted by Crippen LogP contribution is 2.65. The zero-order valence-electron chi connectivity index (χ0n) is 22.3. The highest BCUT2D eigenvalue weighted by Gasteiger charge is 2.87. The number of hydrogen-bond acceptors (Lipinski definition) is 12. The molecule has 210 valence electrons. The van der Waals surface area contributed by atoms with Crippen molar-refractivity contribution < 1.29 is 58.2 Å². The minimum atomic E-state index is -2.07. The summed E-state index contributed by atoms with van der Waals surface area (Å²) in [6.07, 6.45) is -4.55. The molecule has 0 aromatic heterocycles. The molecule has 2 saturated heterocycles. The first kappa shape index (κ1) is 28.2. The van der Waals surface area contributed by atoms with Crippen LogP contribution in [-0.2, 0) is 42.9 Å². The molecule has 0 amide bonds. The van der Waals surface area contributed by atoms with Gasteiger partial charge in [-0.3, -0.25) is 14.4 Å². The van der Waals surface area contributed by atoms with Gasteiger partial charge < -0.3 is 39.0 Å². The lowest BCUT2D eigenvalue weighted by Gasteiger charge is -2.55. The number of fused-ring (bicyclic) bond motifs is 1. The van der Waals surface area contributed by atoms with Gasteiger partial charge in [0.15, 0.2) is 23.4 Å². The van der Waals surface area contributed by atoms with E-state index in [1.54, 1.807) is 0 Å². The largest absolute Gasteiger partial charge is 0.459 e. The van der Waals surface area contributed by atoms with E-state index in [2.05, 4.69) is 0 Å². The molecule has 2 aliphatic heterocycles. The fraction of sp³-hybridized carbons (Fsp3) is 0.692. The molecule has 2 heterocycles. The lowest BCUT2D eigenvalue weighted by Crippen LogP contribution is -2.68. The monoisotopic (exact) mass is 538 g/mol. The van der Waals surface area contributed by atoms with E-state index in [-0.39, 0.29) is 5.57 Å². The quantitative estimate of drug-likeness (QED) is 0.188. The number of carbonyl (C=O) groups excluding carboxylic acids is 4. The summed E-state index contributed by atoms with van der Waals surface area (Å²) in [6.45, 7) is 9.23. The predicted octanol–water partition coefficient (Wildman–Crippen LogP) is -0.140. The van der Waals surface area contributed by atoms with Crippen molar-refractivity contribution in [3.05, 3.63) is 23.8 Å². The molecular formula is C26H34O12. The van der Waals surface area contributed by atoms with E-state index in [0.29, 0.717) is 0 Å². The minimum Gasteiger partial charge on any atom is -0.459 e. The van der Waals surface area contributed by atoms with Crippen molar-refractivity contribution >= 4 is 23.9 Å². The van der Waals surface area contributed by atoms with Crippen molar-refractivity contribution in [3.63, 3.8) is 0 Å². The first-order chi connectivity index (χ1) is 17.4.